The lowest BCUT2D eigenvalue weighted by molar-refractivity contribution is -0.137. The Morgan fingerprint density at radius 1 is 1.10 bits per heavy atom. The number of fused-ring (bicyclic) bond motifs is 3. The monoisotopic (exact) mass is 411 g/mol. The summed E-state index contributed by atoms with van der Waals surface area (Å²) in [5, 5.41) is 1.32. The van der Waals surface area contributed by atoms with Crippen LogP contribution < -0.4 is 5.73 Å². The number of halogens is 3. The van der Waals surface area contributed by atoms with Crippen molar-refractivity contribution in [3.05, 3.63) is 82.9 Å². The fraction of sp³-hybridized carbons (Fsp3) is 0.174. The third-order valence-corrected chi connectivity index (χ3v) is 5.03. The maximum Gasteiger partial charge on any atom is 0.416 e. The molecule has 1 aromatic heterocycles. The van der Waals surface area contributed by atoms with Gasteiger partial charge in [0, 0.05) is 30.0 Å². The molecule has 0 aliphatic carbocycles. The van der Waals surface area contributed by atoms with E-state index in [1.165, 1.54) is 6.07 Å². The molecule has 0 aliphatic heterocycles. The summed E-state index contributed by atoms with van der Waals surface area (Å²) in [5.41, 5.74) is 8.00. The van der Waals surface area contributed by atoms with E-state index < -0.39 is 17.6 Å². The molecule has 0 atom stereocenters. The lowest BCUT2D eigenvalue weighted by Crippen LogP contribution is -2.11. The van der Waals surface area contributed by atoms with Crippen LogP contribution in [0, 0.1) is 6.07 Å². The summed E-state index contributed by atoms with van der Waals surface area (Å²) in [7, 11) is 1.58. The second kappa shape index (κ2) is 7.50. The van der Waals surface area contributed by atoms with Crippen molar-refractivity contribution in [2.75, 3.05) is 7.11 Å². The second-order valence-corrected chi connectivity index (χ2v) is 7.05. The molecule has 4 rings (SSSR count). The summed E-state index contributed by atoms with van der Waals surface area (Å²) in [5.74, 6) is -0.576. The van der Waals surface area contributed by atoms with E-state index in [4.69, 9.17) is 10.5 Å². The summed E-state index contributed by atoms with van der Waals surface area (Å²) >= 11 is 0. The average molecular weight is 411 g/mol. The minimum atomic E-state index is -4.42. The highest BCUT2D eigenvalue weighted by molar-refractivity contribution is 6.17. The van der Waals surface area contributed by atoms with Gasteiger partial charge in [-0.1, -0.05) is 18.2 Å². The van der Waals surface area contributed by atoms with Gasteiger partial charge in [-0.2, -0.15) is 13.2 Å². The van der Waals surface area contributed by atoms with Crippen molar-refractivity contribution in [2.24, 2.45) is 5.73 Å². The highest BCUT2D eigenvalue weighted by atomic mass is 19.4. The number of benzene rings is 3. The molecule has 3 aromatic carbocycles. The molecule has 153 valence electrons. The predicted octanol–water partition coefficient (Wildman–Crippen LogP) is 4.91. The van der Waals surface area contributed by atoms with Crippen LogP contribution >= 0.6 is 0 Å². The lowest BCUT2D eigenvalue weighted by atomic mass is 10.0. The van der Waals surface area contributed by atoms with E-state index in [-0.39, 0.29) is 6.54 Å². The molecular formula is C23H18F3N2O2. The first kappa shape index (κ1) is 20.0. The average Bonchev–Trinajstić information content (AvgIpc) is 3.01. The van der Waals surface area contributed by atoms with Crippen LogP contribution in [-0.4, -0.2) is 17.6 Å². The van der Waals surface area contributed by atoms with Crippen LogP contribution in [0.4, 0.5) is 13.2 Å². The number of primary amides is 1. The van der Waals surface area contributed by atoms with Gasteiger partial charge in [0.05, 0.1) is 23.2 Å². The Hall–Kier alpha value is -3.32. The van der Waals surface area contributed by atoms with Crippen LogP contribution in [0.3, 0.4) is 0 Å². The molecule has 1 heterocycles. The Bertz CT molecular complexity index is 1260. The van der Waals surface area contributed by atoms with E-state index in [0.717, 1.165) is 23.2 Å². The number of aromatic nitrogens is 1. The summed E-state index contributed by atoms with van der Waals surface area (Å²) in [6.07, 6.45) is -4.42. The summed E-state index contributed by atoms with van der Waals surface area (Å²) < 4.78 is 46.5. The molecule has 7 heteroatoms. The molecule has 0 saturated carbocycles. The van der Waals surface area contributed by atoms with E-state index in [0.29, 0.717) is 34.0 Å². The van der Waals surface area contributed by atoms with Crippen molar-refractivity contribution >= 4 is 27.7 Å². The van der Waals surface area contributed by atoms with Gasteiger partial charge >= 0.3 is 6.18 Å². The summed E-state index contributed by atoms with van der Waals surface area (Å²) in [4.78, 5) is 12.0. The van der Waals surface area contributed by atoms with Crippen molar-refractivity contribution in [1.82, 2.24) is 4.57 Å². The number of ether oxygens (including phenoxy) is 1. The lowest BCUT2D eigenvalue weighted by Gasteiger charge is -2.12. The SMILES string of the molecule is COCc1c[c]c2c3c(C(N)=O)cccc3n(Cc3cccc(C(F)(F)F)c3)c2c1. The van der Waals surface area contributed by atoms with Gasteiger partial charge in [-0.05, 0) is 53.6 Å². The third-order valence-electron chi connectivity index (χ3n) is 5.03. The zero-order valence-corrected chi connectivity index (χ0v) is 16.1. The summed E-state index contributed by atoms with van der Waals surface area (Å²) in [6.45, 7) is 0.552. The Balaban J connectivity index is 1.96. The van der Waals surface area contributed by atoms with Crippen molar-refractivity contribution < 1.29 is 22.7 Å². The number of nitrogens with two attached hydrogens (primary N) is 1. The van der Waals surface area contributed by atoms with E-state index in [1.807, 2.05) is 16.7 Å². The topological polar surface area (TPSA) is 57.2 Å². The van der Waals surface area contributed by atoms with E-state index in [9.17, 15) is 18.0 Å². The molecule has 1 amide bonds. The largest absolute Gasteiger partial charge is 0.416 e. The number of amides is 1. The van der Waals surface area contributed by atoms with Crippen LogP contribution in [0.5, 0.6) is 0 Å². The van der Waals surface area contributed by atoms with Crippen LogP contribution in [0.25, 0.3) is 21.8 Å². The maximum atomic E-state index is 13.2. The molecule has 0 unspecified atom stereocenters. The van der Waals surface area contributed by atoms with Crippen LogP contribution in [0.2, 0.25) is 0 Å². The van der Waals surface area contributed by atoms with Crippen molar-refractivity contribution in [1.29, 1.82) is 0 Å². The molecule has 0 spiro atoms. The van der Waals surface area contributed by atoms with E-state index in [2.05, 4.69) is 6.07 Å². The predicted molar refractivity (Wildman–Crippen MR) is 108 cm³/mol. The molecule has 30 heavy (non-hydrogen) atoms. The number of carbonyl (C=O) groups excluding carboxylic acids is 1. The molecule has 0 bridgehead atoms. The molecular weight excluding hydrogens is 393 g/mol. The number of alkyl halides is 3. The van der Waals surface area contributed by atoms with E-state index in [1.54, 1.807) is 31.4 Å². The molecule has 4 nitrogen and oxygen atoms in total. The van der Waals surface area contributed by atoms with Crippen molar-refractivity contribution in [3.63, 3.8) is 0 Å². The van der Waals surface area contributed by atoms with Crippen LogP contribution in [0.1, 0.15) is 27.0 Å². The van der Waals surface area contributed by atoms with Gasteiger partial charge in [-0.15, -0.1) is 0 Å². The number of nitrogens with zero attached hydrogens (tertiary/aromatic N) is 1. The smallest absolute Gasteiger partial charge is 0.380 e. The quantitative estimate of drug-likeness (QED) is 0.508. The molecule has 1 radical (unpaired) electrons. The Kier molecular flexibility index (Phi) is 4.99. The third kappa shape index (κ3) is 3.52. The first-order chi connectivity index (χ1) is 14.3. The van der Waals surface area contributed by atoms with Gasteiger partial charge in [0.1, 0.15) is 0 Å². The van der Waals surface area contributed by atoms with Gasteiger partial charge in [0.15, 0.2) is 0 Å². The number of rotatable bonds is 5. The maximum absolute atomic E-state index is 13.2. The zero-order chi connectivity index (χ0) is 21.5. The van der Waals surface area contributed by atoms with Crippen LogP contribution in [0.15, 0.2) is 54.6 Å². The highest BCUT2D eigenvalue weighted by Gasteiger charge is 2.30. The minimum Gasteiger partial charge on any atom is -0.380 e. The number of carbonyl (C=O) groups is 1. The molecule has 0 fully saturated rings. The molecule has 2 N–H and O–H groups in total. The number of hydrogen-bond acceptors (Lipinski definition) is 2. The van der Waals surface area contributed by atoms with Gasteiger partial charge < -0.3 is 15.0 Å². The fourth-order valence-electron chi connectivity index (χ4n) is 3.75. The molecule has 0 aliphatic rings. The standard InChI is InChI=1S/C23H18F3N2O2/c1-30-13-15-8-9-17-20(11-15)28(19-7-3-6-18(21(17)19)22(27)29)12-14-4-2-5-16(10-14)23(24,25)26/h2-8,10-11H,12-13H2,1H3,(H2,27,29). The van der Waals surface area contributed by atoms with Gasteiger partial charge in [-0.3, -0.25) is 4.79 Å². The Morgan fingerprint density at radius 2 is 1.87 bits per heavy atom. The normalized spacial score (nSPS) is 12.0. The van der Waals surface area contributed by atoms with Gasteiger partial charge in [0.25, 0.3) is 0 Å². The first-order valence-corrected chi connectivity index (χ1v) is 9.20. The minimum absolute atomic E-state index is 0.191. The first-order valence-electron chi connectivity index (χ1n) is 9.20. The van der Waals surface area contributed by atoms with Gasteiger partial charge in [-0.25, -0.2) is 0 Å². The van der Waals surface area contributed by atoms with Crippen molar-refractivity contribution in [3.8, 4) is 0 Å². The number of methoxy groups -OCH3 is 1. The highest BCUT2D eigenvalue weighted by Crippen LogP contribution is 2.34. The van der Waals surface area contributed by atoms with Gasteiger partial charge in [0.2, 0.25) is 5.91 Å². The Morgan fingerprint density at radius 3 is 2.57 bits per heavy atom. The summed E-state index contributed by atoms with van der Waals surface area (Å²) in [6, 6.07) is 17.3. The number of hydrogen-bond donors (Lipinski definition) is 1. The fourth-order valence-corrected chi connectivity index (χ4v) is 3.75. The second-order valence-electron chi connectivity index (χ2n) is 7.05. The van der Waals surface area contributed by atoms with Crippen molar-refractivity contribution in [2.45, 2.75) is 19.3 Å². The Labute approximate surface area is 170 Å². The van der Waals surface area contributed by atoms with Crippen LogP contribution in [-0.2, 0) is 24.1 Å². The molecule has 0 saturated heterocycles. The van der Waals surface area contributed by atoms with E-state index >= 15 is 0 Å². The molecule has 4 aromatic rings. The zero-order valence-electron chi connectivity index (χ0n) is 16.1.